The smallest absolute Gasteiger partial charge is 0.416 e. The molecule has 162 valence electrons. The molecule has 4 nitrogen and oxygen atoms in total. The van der Waals surface area contributed by atoms with Gasteiger partial charge in [0.1, 0.15) is 11.9 Å². The molecule has 0 aliphatic heterocycles. The highest BCUT2D eigenvalue weighted by atomic mass is 19.4. The number of esters is 1. The summed E-state index contributed by atoms with van der Waals surface area (Å²) in [4.78, 5) is 24.3. The maximum atomic E-state index is 13.8. The van der Waals surface area contributed by atoms with E-state index < -0.39 is 59.2 Å². The number of rotatable bonds is 5. The molecule has 0 aromatic heterocycles. The third-order valence-corrected chi connectivity index (χ3v) is 4.02. The summed E-state index contributed by atoms with van der Waals surface area (Å²) in [6, 6.07) is 3.95. The molecule has 0 heterocycles. The van der Waals surface area contributed by atoms with Gasteiger partial charge in [-0.3, -0.25) is 4.79 Å². The van der Waals surface area contributed by atoms with Gasteiger partial charge in [-0.2, -0.15) is 26.3 Å². The van der Waals surface area contributed by atoms with Crippen molar-refractivity contribution in [1.82, 2.24) is 5.32 Å². The van der Waals surface area contributed by atoms with E-state index in [9.17, 15) is 40.3 Å². The fourth-order valence-corrected chi connectivity index (χ4v) is 2.55. The Bertz CT molecular complexity index is 906. The van der Waals surface area contributed by atoms with Gasteiger partial charge in [-0.05, 0) is 29.8 Å². The maximum Gasteiger partial charge on any atom is 0.416 e. The minimum Gasteiger partial charge on any atom is -0.467 e. The van der Waals surface area contributed by atoms with Crippen LogP contribution in [0.15, 0.2) is 42.5 Å². The van der Waals surface area contributed by atoms with Crippen LogP contribution in [0.3, 0.4) is 0 Å². The van der Waals surface area contributed by atoms with Crippen molar-refractivity contribution in [2.24, 2.45) is 0 Å². The SMILES string of the molecule is COC(=O)[C@@H](Cc1ccccc1F)NC(=O)c1cc(C(F)(F)F)cc(C(F)(F)F)c1. The average molecular weight is 437 g/mol. The van der Waals surface area contributed by atoms with Gasteiger partial charge in [0.2, 0.25) is 0 Å². The first-order chi connectivity index (χ1) is 13.8. The molecule has 0 bridgehead atoms. The number of methoxy groups -OCH3 is 1. The predicted molar refractivity (Wildman–Crippen MR) is 89.8 cm³/mol. The standard InChI is InChI=1S/C19H14F7NO3/c1-30-17(29)15(8-10-4-2-3-5-14(10)20)27-16(28)11-6-12(18(21,22)23)9-13(7-11)19(24,25)26/h2-7,9,15H,8H2,1H3,(H,27,28)/t15-/m1/s1. The van der Waals surface area contributed by atoms with Crippen molar-refractivity contribution in [1.29, 1.82) is 0 Å². The zero-order chi connectivity index (χ0) is 22.7. The number of alkyl halides is 6. The molecule has 0 unspecified atom stereocenters. The van der Waals surface area contributed by atoms with Crippen molar-refractivity contribution in [2.75, 3.05) is 7.11 Å². The maximum absolute atomic E-state index is 13.8. The number of nitrogens with one attached hydrogen (secondary N) is 1. The molecule has 0 saturated carbocycles. The Morgan fingerprint density at radius 2 is 1.50 bits per heavy atom. The monoisotopic (exact) mass is 437 g/mol. The number of benzene rings is 2. The lowest BCUT2D eigenvalue weighted by Crippen LogP contribution is -2.43. The van der Waals surface area contributed by atoms with Crippen molar-refractivity contribution in [2.45, 2.75) is 24.8 Å². The quantitative estimate of drug-likeness (QED) is 0.558. The van der Waals surface area contributed by atoms with Gasteiger partial charge < -0.3 is 10.1 Å². The zero-order valence-electron chi connectivity index (χ0n) is 15.2. The molecule has 1 atom stereocenters. The molecule has 11 heteroatoms. The van der Waals surface area contributed by atoms with Gasteiger partial charge in [-0.15, -0.1) is 0 Å². The Labute approximate surface area is 165 Å². The molecule has 2 rings (SSSR count). The summed E-state index contributed by atoms with van der Waals surface area (Å²) in [5, 5.41) is 2.00. The second-order valence-electron chi connectivity index (χ2n) is 6.14. The van der Waals surface area contributed by atoms with E-state index in [0.29, 0.717) is 0 Å². The summed E-state index contributed by atoms with van der Waals surface area (Å²) in [6.07, 6.45) is -10.7. The summed E-state index contributed by atoms with van der Waals surface area (Å²) < 4.78 is 96.1. The Morgan fingerprint density at radius 3 is 1.97 bits per heavy atom. The molecule has 0 spiro atoms. The summed E-state index contributed by atoms with van der Waals surface area (Å²) >= 11 is 0. The zero-order valence-corrected chi connectivity index (χ0v) is 15.2. The minimum absolute atomic E-state index is 0.0202. The van der Waals surface area contributed by atoms with Crippen LogP contribution in [0.25, 0.3) is 0 Å². The van der Waals surface area contributed by atoms with Crippen LogP contribution in [0.5, 0.6) is 0 Å². The van der Waals surface area contributed by atoms with Crippen LogP contribution < -0.4 is 5.32 Å². The Kier molecular flexibility index (Phi) is 6.73. The highest BCUT2D eigenvalue weighted by Crippen LogP contribution is 2.36. The van der Waals surface area contributed by atoms with Crippen LogP contribution in [-0.2, 0) is 28.3 Å². The molecule has 0 aliphatic rings. The van der Waals surface area contributed by atoms with Gasteiger partial charge in [0.05, 0.1) is 18.2 Å². The van der Waals surface area contributed by atoms with Gasteiger partial charge >= 0.3 is 18.3 Å². The van der Waals surface area contributed by atoms with Crippen molar-refractivity contribution < 1.29 is 45.1 Å². The molecule has 1 N–H and O–H groups in total. The molecule has 1 amide bonds. The molecular weight excluding hydrogens is 423 g/mol. The average Bonchev–Trinajstić information content (AvgIpc) is 2.66. The minimum atomic E-state index is -5.15. The van der Waals surface area contributed by atoms with Gasteiger partial charge in [0.25, 0.3) is 5.91 Å². The second-order valence-corrected chi connectivity index (χ2v) is 6.14. The molecule has 2 aromatic carbocycles. The predicted octanol–water partition coefficient (Wildman–Crippen LogP) is 4.38. The lowest BCUT2D eigenvalue weighted by molar-refractivity contribution is -0.144. The molecular formula is C19H14F7NO3. The first kappa shape index (κ1) is 23.2. The van der Waals surface area contributed by atoms with E-state index in [0.717, 1.165) is 13.2 Å². The number of hydrogen-bond donors (Lipinski definition) is 1. The van der Waals surface area contributed by atoms with E-state index >= 15 is 0 Å². The molecule has 0 fully saturated rings. The third kappa shape index (κ3) is 5.71. The van der Waals surface area contributed by atoms with Crippen molar-refractivity contribution in [3.05, 3.63) is 70.5 Å². The van der Waals surface area contributed by atoms with Crippen LogP contribution in [0.4, 0.5) is 30.7 Å². The van der Waals surface area contributed by atoms with E-state index in [1.165, 1.54) is 18.2 Å². The molecule has 0 radical (unpaired) electrons. The van der Waals surface area contributed by atoms with Gasteiger partial charge in [0, 0.05) is 12.0 Å². The summed E-state index contributed by atoms with van der Waals surface area (Å²) in [7, 11) is 0.953. The van der Waals surface area contributed by atoms with E-state index in [1.807, 2.05) is 5.32 Å². The number of carbonyl (C=O) groups is 2. The van der Waals surface area contributed by atoms with Crippen molar-refractivity contribution in [3.8, 4) is 0 Å². The number of amides is 1. The summed E-state index contributed by atoms with van der Waals surface area (Å²) in [5.41, 5.74) is -4.37. The molecule has 0 aliphatic carbocycles. The van der Waals surface area contributed by atoms with E-state index in [1.54, 1.807) is 0 Å². The van der Waals surface area contributed by atoms with Crippen LogP contribution in [0.2, 0.25) is 0 Å². The number of hydrogen-bond acceptors (Lipinski definition) is 3. The first-order valence-corrected chi connectivity index (χ1v) is 8.24. The Morgan fingerprint density at radius 1 is 0.967 bits per heavy atom. The summed E-state index contributed by atoms with van der Waals surface area (Å²) in [5.74, 6) is -3.17. The third-order valence-electron chi connectivity index (χ3n) is 4.02. The van der Waals surface area contributed by atoms with E-state index in [-0.39, 0.29) is 23.8 Å². The van der Waals surface area contributed by atoms with Gasteiger partial charge in [-0.25, -0.2) is 9.18 Å². The molecule has 30 heavy (non-hydrogen) atoms. The lowest BCUT2D eigenvalue weighted by atomic mass is 10.0. The lowest BCUT2D eigenvalue weighted by Gasteiger charge is -2.18. The molecule has 2 aromatic rings. The number of ether oxygens (including phenoxy) is 1. The van der Waals surface area contributed by atoms with Crippen molar-refractivity contribution >= 4 is 11.9 Å². The fourth-order valence-electron chi connectivity index (χ4n) is 2.55. The number of carbonyl (C=O) groups excluding carboxylic acids is 2. The molecule has 0 saturated heterocycles. The van der Waals surface area contributed by atoms with Crippen LogP contribution in [-0.4, -0.2) is 25.0 Å². The Hall–Kier alpha value is -3.11. The largest absolute Gasteiger partial charge is 0.467 e. The topological polar surface area (TPSA) is 55.4 Å². The van der Waals surface area contributed by atoms with Crippen LogP contribution in [0.1, 0.15) is 27.0 Å². The van der Waals surface area contributed by atoms with Gasteiger partial charge in [-0.1, -0.05) is 18.2 Å². The highest BCUT2D eigenvalue weighted by Gasteiger charge is 2.38. The normalized spacial score (nSPS) is 12.9. The van der Waals surface area contributed by atoms with Crippen molar-refractivity contribution in [3.63, 3.8) is 0 Å². The van der Waals surface area contributed by atoms with E-state index in [4.69, 9.17) is 0 Å². The Balaban J connectivity index is 2.39. The fraction of sp³-hybridized carbons (Fsp3) is 0.263. The highest BCUT2D eigenvalue weighted by molar-refractivity contribution is 5.97. The van der Waals surface area contributed by atoms with Crippen LogP contribution >= 0.6 is 0 Å². The first-order valence-electron chi connectivity index (χ1n) is 8.24. The summed E-state index contributed by atoms with van der Waals surface area (Å²) in [6.45, 7) is 0. The number of halogens is 7. The van der Waals surface area contributed by atoms with Crippen LogP contribution in [0, 0.1) is 5.82 Å². The second kappa shape index (κ2) is 8.72. The van der Waals surface area contributed by atoms with Gasteiger partial charge in [0.15, 0.2) is 0 Å². The van der Waals surface area contributed by atoms with E-state index in [2.05, 4.69) is 4.74 Å².